The number of nitrogens with zero attached hydrogens (tertiary/aromatic N) is 2. The second-order valence-corrected chi connectivity index (χ2v) is 5.95. The van der Waals surface area contributed by atoms with Crippen LogP contribution in [0, 0.1) is 0 Å². The fraction of sp³-hybridized carbons (Fsp3) is 0.625. The minimum atomic E-state index is 0.395. The van der Waals surface area contributed by atoms with Crippen molar-refractivity contribution < 1.29 is 0 Å². The van der Waals surface area contributed by atoms with Gasteiger partial charge in [0, 0.05) is 31.7 Å². The quantitative estimate of drug-likeness (QED) is 0.883. The van der Waals surface area contributed by atoms with Crippen molar-refractivity contribution in [1.82, 2.24) is 9.80 Å². The molecule has 2 N–H and O–H groups in total. The molecule has 3 heteroatoms. The fourth-order valence-corrected chi connectivity index (χ4v) is 3.01. The molecule has 19 heavy (non-hydrogen) atoms. The van der Waals surface area contributed by atoms with Crippen molar-refractivity contribution in [3.05, 3.63) is 34.9 Å². The Labute approximate surface area is 117 Å². The van der Waals surface area contributed by atoms with E-state index in [1.807, 2.05) is 0 Å². The van der Waals surface area contributed by atoms with E-state index in [4.69, 9.17) is 5.73 Å². The van der Waals surface area contributed by atoms with E-state index in [0.717, 1.165) is 13.1 Å². The molecule has 1 aromatic carbocycles. The lowest BCUT2D eigenvalue weighted by molar-refractivity contribution is 0.157. The lowest BCUT2D eigenvalue weighted by Gasteiger charge is -2.29. The highest BCUT2D eigenvalue weighted by atomic mass is 15.2. The van der Waals surface area contributed by atoms with Crippen molar-refractivity contribution in [3.63, 3.8) is 0 Å². The molecular formula is C16H27N3. The third-order valence-corrected chi connectivity index (χ3v) is 4.20. The van der Waals surface area contributed by atoms with Crippen LogP contribution in [0.25, 0.3) is 0 Å². The molecule has 106 valence electrons. The first-order valence-electron chi connectivity index (χ1n) is 7.29. The number of benzene rings is 1. The second kappa shape index (κ2) is 6.04. The summed E-state index contributed by atoms with van der Waals surface area (Å²) in [6, 6.07) is 7.89. The van der Waals surface area contributed by atoms with Crippen LogP contribution in [-0.4, -0.2) is 36.5 Å². The van der Waals surface area contributed by atoms with Crippen LogP contribution < -0.4 is 5.73 Å². The van der Waals surface area contributed by atoms with E-state index in [0.29, 0.717) is 18.6 Å². The molecule has 2 rings (SSSR count). The van der Waals surface area contributed by atoms with Crippen molar-refractivity contribution in [1.29, 1.82) is 0 Å². The molecule has 0 bridgehead atoms. The van der Waals surface area contributed by atoms with E-state index in [2.05, 4.69) is 55.9 Å². The molecule has 1 aliphatic heterocycles. The maximum Gasteiger partial charge on any atom is 0.0480 e. The first-order chi connectivity index (χ1) is 9.06. The number of rotatable bonds is 5. The largest absolute Gasteiger partial charge is 0.329 e. The summed E-state index contributed by atoms with van der Waals surface area (Å²) in [5.74, 6) is 0. The lowest BCUT2D eigenvalue weighted by atomic mass is 10.0. The Balaban J connectivity index is 2.26. The van der Waals surface area contributed by atoms with Crippen LogP contribution in [0.5, 0.6) is 0 Å². The Morgan fingerprint density at radius 3 is 2.74 bits per heavy atom. The van der Waals surface area contributed by atoms with E-state index in [1.165, 1.54) is 23.1 Å². The van der Waals surface area contributed by atoms with Crippen LogP contribution in [0.1, 0.15) is 43.0 Å². The van der Waals surface area contributed by atoms with Crippen LogP contribution >= 0.6 is 0 Å². The van der Waals surface area contributed by atoms with Gasteiger partial charge in [0.25, 0.3) is 0 Å². The number of hydrogen-bond donors (Lipinski definition) is 1. The summed E-state index contributed by atoms with van der Waals surface area (Å²) < 4.78 is 0. The van der Waals surface area contributed by atoms with E-state index >= 15 is 0 Å². The van der Waals surface area contributed by atoms with Gasteiger partial charge < -0.3 is 10.6 Å². The highest BCUT2D eigenvalue weighted by Gasteiger charge is 2.31. The summed E-state index contributed by atoms with van der Waals surface area (Å²) >= 11 is 0. The normalized spacial score (nSPS) is 20.8. The third-order valence-electron chi connectivity index (χ3n) is 4.20. The summed E-state index contributed by atoms with van der Waals surface area (Å²) in [5, 5.41) is 0. The van der Waals surface area contributed by atoms with Crippen molar-refractivity contribution in [2.75, 3.05) is 20.6 Å². The van der Waals surface area contributed by atoms with Gasteiger partial charge in [0.1, 0.15) is 0 Å². The van der Waals surface area contributed by atoms with Crippen molar-refractivity contribution >= 4 is 0 Å². The molecule has 0 radical (unpaired) electrons. The summed E-state index contributed by atoms with van der Waals surface area (Å²) in [6.07, 6.45) is 1.18. The molecule has 1 heterocycles. The minimum absolute atomic E-state index is 0.395. The average molecular weight is 261 g/mol. The Hall–Kier alpha value is -0.900. The van der Waals surface area contributed by atoms with Gasteiger partial charge in [0.2, 0.25) is 0 Å². The van der Waals surface area contributed by atoms with Gasteiger partial charge >= 0.3 is 0 Å². The molecule has 1 aromatic rings. The molecule has 0 amide bonds. The van der Waals surface area contributed by atoms with Gasteiger partial charge in [-0.1, -0.05) is 25.1 Å². The van der Waals surface area contributed by atoms with Crippen molar-refractivity contribution in [3.8, 4) is 0 Å². The first-order valence-corrected chi connectivity index (χ1v) is 7.29. The maximum absolute atomic E-state index is 6.03. The maximum atomic E-state index is 6.03. The Morgan fingerprint density at radius 2 is 2.16 bits per heavy atom. The minimum Gasteiger partial charge on any atom is -0.329 e. The van der Waals surface area contributed by atoms with Crippen LogP contribution in [0.2, 0.25) is 0 Å². The molecule has 3 nitrogen and oxygen atoms in total. The first kappa shape index (κ1) is 14.5. The Bertz CT molecular complexity index is 428. The summed E-state index contributed by atoms with van der Waals surface area (Å²) in [4.78, 5) is 4.75. The fourth-order valence-electron chi connectivity index (χ4n) is 3.01. The highest BCUT2D eigenvalue weighted by Crippen LogP contribution is 2.35. The van der Waals surface area contributed by atoms with E-state index in [1.54, 1.807) is 0 Å². The number of fused-ring (bicyclic) bond motifs is 1. The molecule has 0 fully saturated rings. The topological polar surface area (TPSA) is 32.5 Å². The highest BCUT2D eigenvalue weighted by molar-refractivity contribution is 5.38. The van der Waals surface area contributed by atoms with Gasteiger partial charge in [-0.3, -0.25) is 4.90 Å². The smallest absolute Gasteiger partial charge is 0.0480 e. The van der Waals surface area contributed by atoms with Crippen LogP contribution in [0.15, 0.2) is 18.2 Å². The molecule has 0 aromatic heterocycles. The number of hydrogen-bond acceptors (Lipinski definition) is 3. The molecule has 2 atom stereocenters. The van der Waals surface area contributed by atoms with Gasteiger partial charge in [0.15, 0.2) is 0 Å². The molecular weight excluding hydrogens is 234 g/mol. The molecule has 0 saturated heterocycles. The Kier molecular flexibility index (Phi) is 4.61. The van der Waals surface area contributed by atoms with E-state index in [9.17, 15) is 0 Å². The van der Waals surface area contributed by atoms with Gasteiger partial charge in [-0.25, -0.2) is 0 Å². The predicted molar refractivity (Wildman–Crippen MR) is 80.9 cm³/mol. The monoisotopic (exact) mass is 261 g/mol. The van der Waals surface area contributed by atoms with Gasteiger partial charge in [0.05, 0.1) is 0 Å². The molecule has 2 unspecified atom stereocenters. The lowest BCUT2D eigenvalue weighted by Crippen LogP contribution is -2.34. The van der Waals surface area contributed by atoms with Crippen molar-refractivity contribution in [2.45, 2.75) is 45.4 Å². The molecule has 1 aliphatic rings. The zero-order chi connectivity index (χ0) is 14.0. The second-order valence-electron chi connectivity index (χ2n) is 5.95. The SMILES string of the molecule is CCC(C)N1Cc2ccc(CN(C)C)cc2C1CN. The Morgan fingerprint density at radius 1 is 1.42 bits per heavy atom. The molecule has 0 spiro atoms. The molecule has 0 aliphatic carbocycles. The predicted octanol–water partition coefficient (Wildman–Crippen LogP) is 2.36. The summed E-state index contributed by atoms with van der Waals surface area (Å²) in [6.45, 7) is 7.30. The average Bonchev–Trinajstić information content (AvgIpc) is 2.74. The summed E-state index contributed by atoms with van der Waals surface area (Å²) in [5.41, 5.74) is 10.3. The zero-order valence-corrected chi connectivity index (χ0v) is 12.7. The van der Waals surface area contributed by atoms with Crippen molar-refractivity contribution in [2.24, 2.45) is 5.73 Å². The number of nitrogens with two attached hydrogens (primary N) is 1. The van der Waals surface area contributed by atoms with E-state index in [-0.39, 0.29) is 0 Å². The van der Waals surface area contributed by atoms with Crippen LogP contribution in [0.3, 0.4) is 0 Å². The molecule has 0 saturated carbocycles. The van der Waals surface area contributed by atoms with Crippen LogP contribution in [0.4, 0.5) is 0 Å². The van der Waals surface area contributed by atoms with E-state index < -0.39 is 0 Å². The van der Waals surface area contributed by atoms with Crippen LogP contribution in [-0.2, 0) is 13.1 Å². The van der Waals surface area contributed by atoms with Gasteiger partial charge in [-0.15, -0.1) is 0 Å². The van der Waals surface area contributed by atoms with Gasteiger partial charge in [-0.2, -0.15) is 0 Å². The summed E-state index contributed by atoms with van der Waals surface area (Å²) in [7, 11) is 4.22. The zero-order valence-electron chi connectivity index (χ0n) is 12.7. The third kappa shape index (κ3) is 2.99. The standard InChI is InChI=1S/C16H27N3/c1-5-12(2)19-11-14-7-6-13(10-18(3)4)8-15(14)16(19)9-17/h6-8,12,16H,5,9-11,17H2,1-4H3. The van der Waals surface area contributed by atoms with Gasteiger partial charge in [-0.05, 0) is 44.1 Å².